The quantitative estimate of drug-likeness (QED) is 0.594. The van der Waals surface area contributed by atoms with E-state index in [9.17, 15) is 4.57 Å². The molecule has 0 unspecified atom stereocenters. The molecule has 86 valence electrons. The van der Waals surface area contributed by atoms with Crippen LogP contribution in [0, 0.1) is 0 Å². The van der Waals surface area contributed by atoms with E-state index < -0.39 is 7.60 Å². The highest BCUT2D eigenvalue weighted by molar-refractivity contribution is 7.50. The molecule has 1 heterocycles. The van der Waals surface area contributed by atoms with Crippen LogP contribution < -0.4 is 0 Å². The Labute approximate surface area is 91.1 Å². The van der Waals surface area contributed by atoms with Crippen molar-refractivity contribution in [2.45, 2.75) is 12.8 Å². The molecule has 0 aliphatic rings. The fourth-order valence-electron chi connectivity index (χ4n) is 1.57. The first kappa shape index (κ1) is 11.3. The number of hydrogen-bond donors (Lipinski definition) is 4. The smallest absolute Gasteiger partial charge is 0.329 e. The van der Waals surface area contributed by atoms with E-state index >= 15 is 0 Å². The number of hydrogen-bond acceptors (Lipinski definition) is 3. The minimum atomic E-state index is -4.11. The van der Waals surface area contributed by atoms with E-state index in [1.165, 1.54) is 0 Å². The molecule has 0 radical (unpaired) electrons. The van der Waals surface area contributed by atoms with Crippen molar-refractivity contribution in [3.63, 3.8) is 0 Å². The highest BCUT2D eigenvalue weighted by atomic mass is 31.2. The van der Waals surface area contributed by atoms with Gasteiger partial charge in [0.05, 0.1) is 17.2 Å². The van der Waals surface area contributed by atoms with E-state index in [4.69, 9.17) is 14.9 Å². The van der Waals surface area contributed by atoms with Crippen LogP contribution in [0.3, 0.4) is 0 Å². The second-order valence-electron chi connectivity index (χ2n) is 3.48. The predicted octanol–water partition coefficient (Wildman–Crippen LogP) is 0.733. The normalized spacial score (nSPS) is 12.2. The summed E-state index contributed by atoms with van der Waals surface area (Å²) in [4.78, 5) is 24.8. The average Bonchev–Trinajstić information content (AvgIpc) is 2.59. The monoisotopic (exact) mass is 242 g/mol. The highest BCUT2D eigenvalue weighted by Crippen LogP contribution is 2.40. The van der Waals surface area contributed by atoms with Crippen LogP contribution in [0.2, 0.25) is 0 Å². The number of aromatic nitrogens is 2. The Morgan fingerprint density at radius 3 is 2.75 bits per heavy atom. The molecule has 16 heavy (non-hydrogen) atoms. The molecule has 1 aromatic carbocycles. The first-order chi connectivity index (χ1) is 7.49. The van der Waals surface area contributed by atoms with Gasteiger partial charge in [0.25, 0.3) is 0 Å². The number of nitrogens with one attached hydrogen (secondary N) is 1. The van der Waals surface area contributed by atoms with Crippen molar-refractivity contribution in [1.82, 2.24) is 9.97 Å². The largest absolute Gasteiger partial charge is 0.388 e. The van der Waals surface area contributed by atoms with Crippen LogP contribution in [0.15, 0.2) is 18.2 Å². The van der Waals surface area contributed by atoms with Gasteiger partial charge in [-0.2, -0.15) is 0 Å². The molecule has 1 aromatic heterocycles. The molecule has 4 N–H and O–H groups in total. The van der Waals surface area contributed by atoms with Crippen LogP contribution >= 0.6 is 7.60 Å². The van der Waals surface area contributed by atoms with Crippen LogP contribution in [0.1, 0.15) is 11.4 Å². The molecule has 2 aromatic rings. The number of fused-ring (bicyclic) bond motifs is 1. The summed E-state index contributed by atoms with van der Waals surface area (Å²) in [6, 6.07) is 5.04. The number of aliphatic hydroxyl groups excluding tert-OH is 1. The van der Waals surface area contributed by atoms with Gasteiger partial charge in [0, 0.05) is 0 Å². The third-order valence-electron chi connectivity index (χ3n) is 2.17. The summed E-state index contributed by atoms with van der Waals surface area (Å²) in [6.45, 7) is -0.232. The fraction of sp³-hybridized carbons (Fsp3) is 0.222. The zero-order valence-corrected chi connectivity index (χ0v) is 9.19. The Balaban J connectivity index is 2.52. The summed E-state index contributed by atoms with van der Waals surface area (Å²) in [6.07, 6.45) is -0.347. The third kappa shape index (κ3) is 2.31. The summed E-state index contributed by atoms with van der Waals surface area (Å²) in [5, 5.41) is 8.91. The molecule has 0 amide bonds. The van der Waals surface area contributed by atoms with Crippen LogP contribution in [0.4, 0.5) is 0 Å². The Hall–Kier alpha value is -1.20. The molecule has 0 spiro atoms. The van der Waals surface area contributed by atoms with Gasteiger partial charge in [-0.3, -0.25) is 4.57 Å². The number of aliphatic hydroxyl groups is 1. The minimum Gasteiger partial charge on any atom is -0.388 e. The Kier molecular flexibility index (Phi) is 2.82. The molecular weight excluding hydrogens is 231 g/mol. The fourth-order valence-corrected chi connectivity index (χ4v) is 2.27. The summed E-state index contributed by atoms with van der Waals surface area (Å²) in [7, 11) is -4.11. The van der Waals surface area contributed by atoms with E-state index in [2.05, 4.69) is 9.97 Å². The summed E-state index contributed by atoms with van der Waals surface area (Å²) in [5.74, 6) is 0.383. The molecule has 0 saturated carbocycles. The Morgan fingerprint density at radius 1 is 1.38 bits per heavy atom. The summed E-state index contributed by atoms with van der Waals surface area (Å²) in [5.41, 5.74) is 1.63. The third-order valence-corrected chi connectivity index (χ3v) is 2.92. The van der Waals surface area contributed by atoms with Crippen molar-refractivity contribution < 1.29 is 19.5 Å². The maximum absolute atomic E-state index is 10.9. The first-order valence-electron chi connectivity index (χ1n) is 4.61. The Morgan fingerprint density at radius 2 is 2.12 bits per heavy atom. The molecule has 0 saturated heterocycles. The number of aromatic amines is 1. The Bertz CT molecular complexity index is 560. The van der Waals surface area contributed by atoms with Crippen molar-refractivity contribution >= 4 is 18.6 Å². The van der Waals surface area contributed by atoms with Gasteiger partial charge in [-0.25, -0.2) is 4.98 Å². The second-order valence-corrected chi connectivity index (χ2v) is 5.12. The summed E-state index contributed by atoms with van der Waals surface area (Å²) < 4.78 is 10.9. The molecule has 6 nitrogen and oxygen atoms in total. The lowest BCUT2D eigenvalue weighted by Crippen LogP contribution is -1.89. The minimum absolute atomic E-state index is 0.232. The van der Waals surface area contributed by atoms with Crippen LogP contribution in [-0.4, -0.2) is 24.9 Å². The van der Waals surface area contributed by atoms with Crippen LogP contribution in [0.25, 0.3) is 11.0 Å². The van der Waals surface area contributed by atoms with E-state index in [1.54, 1.807) is 18.2 Å². The molecule has 7 heteroatoms. The second kappa shape index (κ2) is 3.99. The van der Waals surface area contributed by atoms with Crippen molar-refractivity contribution in [2.75, 3.05) is 0 Å². The molecule has 0 atom stereocenters. The van der Waals surface area contributed by atoms with Gasteiger partial charge in [-0.15, -0.1) is 0 Å². The first-order valence-corrected chi connectivity index (χ1v) is 6.41. The molecule has 0 fully saturated rings. The number of nitrogens with zero attached hydrogens (tertiary/aromatic N) is 1. The van der Waals surface area contributed by atoms with Crippen LogP contribution in [-0.2, 0) is 17.3 Å². The molecular formula is C9H11N2O4P. The average molecular weight is 242 g/mol. The number of benzene rings is 1. The van der Waals surface area contributed by atoms with Gasteiger partial charge in [0.2, 0.25) is 0 Å². The lowest BCUT2D eigenvalue weighted by molar-refractivity contribution is 0.273. The highest BCUT2D eigenvalue weighted by Gasteiger charge is 2.17. The van der Waals surface area contributed by atoms with E-state index in [0.717, 1.165) is 0 Å². The molecule has 0 aliphatic carbocycles. The lowest BCUT2D eigenvalue weighted by Gasteiger charge is -2.03. The number of para-hydroxylation sites is 1. The van der Waals surface area contributed by atoms with E-state index in [1.807, 2.05) is 0 Å². The van der Waals surface area contributed by atoms with E-state index in [0.29, 0.717) is 22.4 Å². The molecule has 2 rings (SSSR count). The van der Waals surface area contributed by atoms with Gasteiger partial charge < -0.3 is 19.9 Å². The molecule has 0 aliphatic heterocycles. The van der Waals surface area contributed by atoms with E-state index in [-0.39, 0.29) is 12.8 Å². The van der Waals surface area contributed by atoms with Crippen molar-refractivity contribution in [3.05, 3.63) is 29.6 Å². The predicted molar refractivity (Wildman–Crippen MR) is 57.8 cm³/mol. The lowest BCUT2D eigenvalue weighted by atomic mass is 10.2. The SMILES string of the molecule is O=P(O)(O)Cc1cccc2[nH]c(CO)nc12. The number of rotatable bonds is 3. The standard InChI is InChI=1S/C9H11N2O4P/c12-4-8-10-7-3-1-2-6(9(7)11-8)5-16(13,14)15/h1-3,12H,4-5H2,(H,10,11)(H2,13,14,15). The van der Waals surface area contributed by atoms with Gasteiger partial charge in [0.1, 0.15) is 12.4 Å². The number of H-pyrrole nitrogens is 1. The zero-order valence-electron chi connectivity index (χ0n) is 8.29. The number of imidazole rings is 1. The van der Waals surface area contributed by atoms with Crippen molar-refractivity contribution in [3.8, 4) is 0 Å². The topological polar surface area (TPSA) is 106 Å². The van der Waals surface area contributed by atoms with Gasteiger partial charge >= 0.3 is 7.60 Å². The maximum atomic E-state index is 10.9. The van der Waals surface area contributed by atoms with Crippen molar-refractivity contribution in [1.29, 1.82) is 0 Å². The van der Waals surface area contributed by atoms with Gasteiger partial charge in [-0.1, -0.05) is 12.1 Å². The van der Waals surface area contributed by atoms with Gasteiger partial charge in [0.15, 0.2) is 0 Å². The maximum Gasteiger partial charge on any atom is 0.329 e. The molecule has 0 bridgehead atoms. The van der Waals surface area contributed by atoms with Crippen LogP contribution in [0.5, 0.6) is 0 Å². The zero-order chi connectivity index (χ0) is 11.8. The van der Waals surface area contributed by atoms with Gasteiger partial charge in [-0.05, 0) is 11.6 Å². The van der Waals surface area contributed by atoms with Crippen molar-refractivity contribution in [2.24, 2.45) is 0 Å². The summed E-state index contributed by atoms with van der Waals surface area (Å²) >= 11 is 0.